The van der Waals surface area contributed by atoms with E-state index >= 15 is 0 Å². The number of carbonyl (C=O) groups is 2. The summed E-state index contributed by atoms with van der Waals surface area (Å²) in [5.41, 5.74) is 0.749. The zero-order chi connectivity index (χ0) is 19.5. The molecule has 4 rings (SSSR count). The highest BCUT2D eigenvalue weighted by molar-refractivity contribution is 5.94. The zero-order valence-electron chi connectivity index (χ0n) is 16.6. The molecule has 0 N–H and O–H groups in total. The zero-order valence-corrected chi connectivity index (χ0v) is 16.6. The number of hydrogen-bond donors (Lipinski definition) is 0. The summed E-state index contributed by atoms with van der Waals surface area (Å²) in [5, 5.41) is 0. The van der Waals surface area contributed by atoms with E-state index in [1.54, 1.807) is 7.11 Å². The second-order valence-corrected chi connectivity index (χ2v) is 8.26. The third-order valence-corrected chi connectivity index (χ3v) is 6.39. The minimum Gasteiger partial charge on any atom is -0.490 e. The van der Waals surface area contributed by atoms with E-state index in [1.807, 2.05) is 29.2 Å². The number of piperidine rings is 2. The van der Waals surface area contributed by atoms with Gasteiger partial charge in [-0.1, -0.05) is 0 Å². The number of benzene rings is 1. The number of hydrogen-bond acceptors (Lipinski definition) is 4. The van der Waals surface area contributed by atoms with Crippen molar-refractivity contribution in [1.29, 1.82) is 0 Å². The van der Waals surface area contributed by atoms with Crippen molar-refractivity contribution >= 4 is 11.8 Å². The summed E-state index contributed by atoms with van der Waals surface area (Å²) in [4.78, 5) is 28.7. The Morgan fingerprint density at radius 3 is 2.43 bits per heavy atom. The predicted molar refractivity (Wildman–Crippen MR) is 105 cm³/mol. The van der Waals surface area contributed by atoms with Gasteiger partial charge in [-0.15, -0.1) is 0 Å². The van der Waals surface area contributed by atoms with E-state index in [2.05, 4.69) is 4.90 Å². The Morgan fingerprint density at radius 1 is 1.07 bits per heavy atom. The van der Waals surface area contributed by atoms with Crippen LogP contribution >= 0.6 is 0 Å². The van der Waals surface area contributed by atoms with Gasteiger partial charge in [-0.25, -0.2) is 0 Å². The third-order valence-electron chi connectivity index (χ3n) is 6.39. The fraction of sp³-hybridized carbons (Fsp3) is 0.636. The summed E-state index contributed by atoms with van der Waals surface area (Å²) >= 11 is 0. The molecule has 2 atom stereocenters. The summed E-state index contributed by atoms with van der Waals surface area (Å²) in [6.45, 7) is 2.84. The Bertz CT molecular complexity index is 697. The normalized spacial score (nSPS) is 24.6. The molecule has 6 heteroatoms. The smallest absolute Gasteiger partial charge is 0.254 e. The SMILES string of the molecule is COCCC(=O)N1CCC(Oc2ccc(C(=O)N3C[C@H]4CC[C@H]3C4)cc2)CC1. The molecule has 152 valence electrons. The summed E-state index contributed by atoms with van der Waals surface area (Å²) in [6.07, 6.45) is 5.83. The minimum absolute atomic E-state index is 0.113. The highest BCUT2D eigenvalue weighted by Gasteiger charge is 2.40. The number of methoxy groups -OCH3 is 1. The summed E-state index contributed by atoms with van der Waals surface area (Å²) in [6, 6.07) is 8.01. The first kappa shape index (κ1) is 19.2. The lowest BCUT2D eigenvalue weighted by Gasteiger charge is -2.32. The molecule has 3 fully saturated rings. The quantitative estimate of drug-likeness (QED) is 0.754. The van der Waals surface area contributed by atoms with Crippen LogP contribution in [0.3, 0.4) is 0 Å². The lowest BCUT2D eigenvalue weighted by atomic mass is 10.1. The summed E-state index contributed by atoms with van der Waals surface area (Å²) < 4.78 is 11.1. The van der Waals surface area contributed by atoms with E-state index in [0.717, 1.165) is 50.2 Å². The number of rotatable bonds is 6. The molecule has 0 unspecified atom stereocenters. The Kier molecular flexibility index (Phi) is 5.85. The fourth-order valence-corrected chi connectivity index (χ4v) is 4.78. The number of carbonyl (C=O) groups excluding carboxylic acids is 2. The molecule has 1 saturated carbocycles. The van der Waals surface area contributed by atoms with E-state index in [1.165, 1.54) is 12.8 Å². The maximum atomic E-state index is 12.8. The maximum Gasteiger partial charge on any atom is 0.254 e. The van der Waals surface area contributed by atoms with E-state index in [-0.39, 0.29) is 17.9 Å². The Balaban J connectivity index is 1.26. The Hall–Kier alpha value is -2.08. The van der Waals surface area contributed by atoms with Crippen LogP contribution < -0.4 is 4.74 Å². The average molecular weight is 386 g/mol. The molecule has 1 aromatic carbocycles. The lowest BCUT2D eigenvalue weighted by molar-refractivity contribution is -0.133. The number of fused-ring (bicyclic) bond motifs is 2. The van der Waals surface area contributed by atoms with Gasteiger partial charge in [0.1, 0.15) is 11.9 Å². The van der Waals surface area contributed by atoms with Crippen molar-refractivity contribution in [2.45, 2.75) is 50.7 Å². The lowest BCUT2D eigenvalue weighted by Crippen LogP contribution is -2.42. The van der Waals surface area contributed by atoms with E-state index in [0.29, 0.717) is 25.0 Å². The van der Waals surface area contributed by atoms with Crippen LogP contribution in [0.1, 0.15) is 48.9 Å². The van der Waals surface area contributed by atoms with Gasteiger partial charge in [0.2, 0.25) is 5.91 Å². The third kappa shape index (κ3) is 4.17. The van der Waals surface area contributed by atoms with E-state index < -0.39 is 0 Å². The van der Waals surface area contributed by atoms with Crippen LogP contribution in [0.2, 0.25) is 0 Å². The molecule has 0 radical (unpaired) electrons. The first-order chi connectivity index (χ1) is 13.6. The largest absolute Gasteiger partial charge is 0.490 e. The molecule has 2 aliphatic heterocycles. The number of amides is 2. The van der Waals surface area contributed by atoms with Gasteiger partial charge in [0, 0.05) is 51.2 Å². The number of nitrogens with zero attached hydrogens (tertiary/aromatic N) is 2. The molecular weight excluding hydrogens is 356 g/mol. The van der Waals surface area contributed by atoms with Gasteiger partial charge in [-0.2, -0.15) is 0 Å². The molecule has 2 heterocycles. The van der Waals surface area contributed by atoms with Gasteiger partial charge in [0.25, 0.3) is 5.91 Å². The molecule has 0 spiro atoms. The van der Waals surface area contributed by atoms with Crippen LogP contribution in [-0.4, -0.2) is 67.1 Å². The molecule has 0 aromatic heterocycles. The summed E-state index contributed by atoms with van der Waals surface area (Å²) in [5.74, 6) is 1.81. The van der Waals surface area contributed by atoms with Crippen LogP contribution in [0.15, 0.2) is 24.3 Å². The standard InChI is InChI=1S/C22H30N2O4/c1-27-13-10-21(25)23-11-8-20(9-12-23)28-19-6-3-17(4-7-19)22(26)24-15-16-2-5-18(24)14-16/h3-4,6-7,16,18,20H,2,5,8-15H2,1H3/t16-,18-/m0/s1. The number of likely N-dealkylation sites (tertiary alicyclic amines) is 2. The van der Waals surface area contributed by atoms with Gasteiger partial charge in [0.15, 0.2) is 0 Å². The molecule has 2 amide bonds. The van der Waals surface area contributed by atoms with Crippen LogP contribution in [0.4, 0.5) is 0 Å². The van der Waals surface area contributed by atoms with Gasteiger partial charge in [-0.3, -0.25) is 9.59 Å². The Morgan fingerprint density at radius 2 is 1.82 bits per heavy atom. The van der Waals surface area contributed by atoms with Crippen molar-refractivity contribution in [2.75, 3.05) is 33.4 Å². The van der Waals surface area contributed by atoms with Gasteiger partial charge in [0.05, 0.1) is 13.0 Å². The van der Waals surface area contributed by atoms with Gasteiger partial charge >= 0.3 is 0 Å². The maximum absolute atomic E-state index is 12.8. The van der Waals surface area contributed by atoms with Crippen molar-refractivity contribution in [2.24, 2.45) is 5.92 Å². The molecular formula is C22H30N2O4. The highest BCUT2D eigenvalue weighted by atomic mass is 16.5. The molecule has 2 saturated heterocycles. The topological polar surface area (TPSA) is 59.1 Å². The van der Waals surface area contributed by atoms with Crippen molar-refractivity contribution in [1.82, 2.24) is 9.80 Å². The second-order valence-electron chi connectivity index (χ2n) is 8.26. The van der Waals surface area contributed by atoms with Crippen molar-refractivity contribution < 1.29 is 19.1 Å². The van der Waals surface area contributed by atoms with Crippen LogP contribution in [0.5, 0.6) is 5.75 Å². The van der Waals surface area contributed by atoms with Crippen molar-refractivity contribution in [3.63, 3.8) is 0 Å². The first-order valence-electron chi connectivity index (χ1n) is 10.5. The molecule has 1 aromatic rings. The van der Waals surface area contributed by atoms with E-state index in [4.69, 9.17) is 9.47 Å². The van der Waals surface area contributed by atoms with Crippen molar-refractivity contribution in [3.8, 4) is 5.75 Å². The predicted octanol–water partition coefficient (Wildman–Crippen LogP) is 2.72. The molecule has 2 bridgehead atoms. The molecule has 3 aliphatic rings. The molecule has 6 nitrogen and oxygen atoms in total. The van der Waals surface area contributed by atoms with Gasteiger partial charge in [-0.05, 0) is 49.4 Å². The van der Waals surface area contributed by atoms with Crippen LogP contribution in [0.25, 0.3) is 0 Å². The molecule has 1 aliphatic carbocycles. The van der Waals surface area contributed by atoms with Crippen LogP contribution in [0, 0.1) is 5.92 Å². The minimum atomic E-state index is 0.113. The van der Waals surface area contributed by atoms with Crippen molar-refractivity contribution in [3.05, 3.63) is 29.8 Å². The fourth-order valence-electron chi connectivity index (χ4n) is 4.78. The monoisotopic (exact) mass is 386 g/mol. The second kappa shape index (κ2) is 8.52. The first-order valence-corrected chi connectivity index (χ1v) is 10.5. The average Bonchev–Trinajstić information content (AvgIpc) is 3.36. The molecule has 28 heavy (non-hydrogen) atoms. The van der Waals surface area contributed by atoms with E-state index in [9.17, 15) is 9.59 Å². The van der Waals surface area contributed by atoms with Crippen LogP contribution in [-0.2, 0) is 9.53 Å². The van der Waals surface area contributed by atoms with Gasteiger partial charge < -0.3 is 19.3 Å². The highest BCUT2D eigenvalue weighted by Crippen LogP contribution is 2.38. The Labute approximate surface area is 166 Å². The number of ether oxygens (including phenoxy) is 2. The summed E-state index contributed by atoms with van der Waals surface area (Å²) in [7, 11) is 1.61.